The molecule has 3 aromatic rings. The smallest absolute Gasteiger partial charge is 0.261 e. The summed E-state index contributed by atoms with van der Waals surface area (Å²) < 4.78 is 40.7. The highest BCUT2D eigenvalue weighted by Gasteiger charge is 2.13. The minimum atomic E-state index is -3.64. The molecule has 0 aromatic heterocycles. The highest BCUT2D eigenvalue weighted by molar-refractivity contribution is 7.92. The van der Waals surface area contributed by atoms with Gasteiger partial charge in [0.05, 0.1) is 10.6 Å². The van der Waals surface area contributed by atoms with Gasteiger partial charge in [0.1, 0.15) is 5.82 Å². The van der Waals surface area contributed by atoms with E-state index in [-0.39, 0.29) is 10.7 Å². The highest BCUT2D eigenvalue weighted by Crippen LogP contribution is 2.19. The Balaban J connectivity index is 1.78. The molecule has 0 atom stereocenters. The van der Waals surface area contributed by atoms with Gasteiger partial charge in [0, 0.05) is 11.4 Å². The first-order valence-corrected chi connectivity index (χ1v) is 9.83. The van der Waals surface area contributed by atoms with Crippen molar-refractivity contribution in [3.05, 3.63) is 89.7 Å². The molecule has 6 heteroatoms. The Bertz CT molecular complexity index is 1070. The molecule has 0 saturated heterocycles. The van der Waals surface area contributed by atoms with Gasteiger partial charge in [-0.15, -0.1) is 0 Å². The van der Waals surface area contributed by atoms with Gasteiger partial charge < -0.3 is 0 Å². The van der Waals surface area contributed by atoms with E-state index in [0.717, 1.165) is 11.1 Å². The molecular weight excluding hydrogens is 363 g/mol. The Labute approximate surface area is 158 Å². The van der Waals surface area contributed by atoms with Crippen LogP contribution in [0, 0.1) is 12.7 Å². The topological polar surface area (TPSA) is 58.5 Å². The Morgan fingerprint density at radius 3 is 2.26 bits per heavy atom. The predicted molar refractivity (Wildman–Crippen MR) is 107 cm³/mol. The first-order chi connectivity index (χ1) is 12.8. The molecule has 1 N–H and O–H groups in total. The van der Waals surface area contributed by atoms with E-state index in [1.807, 2.05) is 13.8 Å². The molecule has 0 radical (unpaired) electrons. The Kier molecular flexibility index (Phi) is 5.37. The van der Waals surface area contributed by atoms with Crippen LogP contribution < -0.4 is 4.72 Å². The van der Waals surface area contributed by atoms with Gasteiger partial charge in [0.15, 0.2) is 0 Å². The summed E-state index contributed by atoms with van der Waals surface area (Å²) in [5.74, 6) is -0.343. The maximum atomic E-state index is 13.3. The normalized spacial score (nSPS) is 12.0. The predicted octanol–water partition coefficient (Wildman–Crippen LogP) is 5.08. The molecule has 0 unspecified atom stereocenters. The lowest BCUT2D eigenvalue weighted by Gasteiger charge is -2.09. The zero-order valence-electron chi connectivity index (χ0n) is 15.0. The van der Waals surface area contributed by atoms with Gasteiger partial charge in [0.25, 0.3) is 10.0 Å². The molecular formula is C21H19FN2O2S. The van der Waals surface area contributed by atoms with E-state index in [2.05, 4.69) is 9.71 Å². The number of aryl methyl sites for hydroxylation is 1. The van der Waals surface area contributed by atoms with Crippen LogP contribution in [-0.4, -0.2) is 14.1 Å². The van der Waals surface area contributed by atoms with Crippen molar-refractivity contribution in [1.82, 2.24) is 0 Å². The summed E-state index contributed by atoms with van der Waals surface area (Å²) in [7, 11) is -3.64. The molecule has 0 aliphatic rings. The summed E-state index contributed by atoms with van der Waals surface area (Å²) >= 11 is 0. The van der Waals surface area contributed by atoms with Crippen LogP contribution >= 0.6 is 0 Å². The third kappa shape index (κ3) is 4.80. The van der Waals surface area contributed by atoms with Gasteiger partial charge in [-0.3, -0.25) is 9.71 Å². The third-order valence-electron chi connectivity index (χ3n) is 3.99. The van der Waals surface area contributed by atoms with Crippen LogP contribution in [0.5, 0.6) is 0 Å². The summed E-state index contributed by atoms with van der Waals surface area (Å²) in [6, 6.07) is 19.6. The summed E-state index contributed by atoms with van der Waals surface area (Å²) in [4.78, 5) is 4.60. The fourth-order valence-corrected chi connectivity index (χ4v) is 3.57. The van der Waals surface area contributed by atoms with Crippen LogP contribution in [0.3, 0.4) is 0 Å². The Hall–Kier alpha value is -2.99. The lowest BCUT2D eigenvalue weighted by atomic mass is 10.1. The lowest BCUT2D eigenvalue weighted by molar-refractivity contribution is 0.601. The van der Waals surface area contributed by atoms with Crippen molar-refractivity contribution in [3.8, 4) is 0 Å². The second-order valence-electron chi connectivity index (χ2n) is 6.17. The van der Waals surface area contributed by atoms with E-state index in [1.165, 1.54) is 12.1 Å². The minimum absolute atomic E-state index is 0.209. The number of benzene rings is 3. The molecule has 0 fully saturated rings. The Morgan fingerprint density at radius 2 is 1.63 bits per heavy atom. The third-order valence-corrected chi connectivity index (χ3v) is 5.39. The van der Waals surface area contributed by atoms with Crippen LogP contribution in [0.4, 0.5) is 15.8 Å². The van der Waals surface area contributed by atoms with Crippen molar-refractivity contribution in [2.45, 2.75) is 18.7 Å². The molecule has 3 rings (SSSR count). The fourth-order valence-electron chi connectivity index (χ4n) is 2.51. The van der Waals surface area contributed by atoms with Crippen molar-refractivity contribution in [2.75, 3.05) is 4.72 Å². The van der Waals surface area contributed by atoms with Crippen LogP contribution in [0.15, 0.2) is 82.7 Å². The molecule has 0 heterocycles. The molecule has 0 aliphatic heterocycles. The van der Waals surface area contributed by atoms with Crippen LogP contribution in [0.2, 0.25) is 0 Å². The summed E-state index contributed by atoms with van der Waals surface area (Å²) in [5.41, 5.74) is 3.49. The molecule has 3 aromatic carbocycles. The van der Waals surface area contributed by atoms with Gasteiger partial charge in [0.2, 0.25) is 0 Å². The lowest BCUT2D eigenvalue weighted by Crippen LogP contribution is -2.13. The van der Waals surface area contributed by atoms with Gasteiger partial charge >= 0.3 is 0 Å². The van der Waals surface area contributed by atoms with E-state index in [9.17, 15) is 12.8 Å². The van der Waals surface area contributed by atoms with Crippen molar-refractivity contribution in [1.29, 1.82) is 0 Å². The van der Waals surface area contributed by atoms with Crippen LogP contribution in [0.25, 0.3) is 0 Å². The number of hydrogen-bond acceptors (Lipinski definition) is 3. The maximum absolute atomic E-state index is 13.3. The first kappa shape index (κ1) is 18.8. The summed E-state index contributed by atoms with van der Waals surface area (Å²) in [6.07, 6.45) is 0. The number of nitrogens with one attached hydrogen (secondary N) is 1. The van der Waals surface area contributed by atoms with Crippen molar-refractivity contribution in [3.63, 3.8) is 0 Å². The van der Waals surface area contributed by atoms with Gasteiger partial charge in [-0.25, -0.2) is 12.8 Å². The van der Waals surface area contributed by atoms with Gasteiger partial charge in [-0.05, 0) is 61.9 Å². The van der Waals surface area contributed by atoms with Crippen molar-refractivity contribution >= 4 is 27.1 Å². The molecule has 0 aliphatic carbocycles. The van der Waals surface area contributed by atoms with Crippen molar-refractivity contribution < 1.29 is 12.8 Å². The molecule has 138 valence electrons. The maximum Gasteiger partial charge on any atom is 0.261 e. The highest BCUT2D eigenvalue weighted by atomic mass is 32.2. The average molecular weight is 382 g/mol. The number of nitrogens with zero attached hydrogens (tertiary/aromatic N) is 1. The number of aliphatic imine (C=N–C) groups is 1. The number of sulfonamides is 1. The zero-order chi connectivity index (χ0) is 19.4. The second-order valence-corrected chi connectivity index (χ2v) is 7.86. The van der Waals surface area contributed by atoms with E-state index in [1.54, 1.807) is 60.7 Å². The van der Waals surface area contributed by atoms with E-state index >= 15 is 0 Å². The van der Waals surface area contributed by atoms with E-state index < -0.39 is 10.0 Å². The molecule has 0 bridgehead atoms. The number of halogens is 1. The number of rotatable bonds is 5. The van der Waals surface area contributed by atoms with Gasteiger partial charge in [-0.2, -0.15) is 0 Å². The van der Waals surface area contributed by atoms with Crippen molar-refractivity contribution in [2.24, 2.45) is 4.99 Å². The average Bonchev–Trinajstić information content (AvgIpc) is 2.62. The first-order valence-electron chi connectivity index (χ1n) is 8.34. The molecule has 0 spiro atoms. The second kappa shape index (κ2) is 7.72. The van der Waals surface area contributed by atoms with E-state index in [4.69, 9.17) is 0 Å². The Morgan fingerprint density at radius 1 is 0.963 bits per heavy atom. The monoisotopic (exact) mass is 382 g/mol. The fraction of sp³-hybridized carbons (Fsp3) is 0.0952. The van der Waals surface area contributed by atoms with E-state index in [0.29, 0.717) is 17.1 Å². The largest absolute Gasteiger partial charge is 0.280 e. The summed E-state index contributed by atoms with van der Waals surface area (Å²) in [5, 5.41) is 0. The zero-order valence-corrected chi connectivity index (χ0v) is 15.8. The number of hydrogen-bond donors (Lipinski definition) is 1. The minimum Gasteiger partial charge on any atom is -0.280 e. The van der Waals surface area contributed by atoms with Crippen LogP contribution in [0.1, 0.15) is 18.1 Å². The van der Waals surface area contributed by atoms with Gasteiger partial charge in [-0.1, -0.05) is 35.9 Å². The molecule has 27 heavy (non-hydrogen) atoms. The van der Waals surface area contributed by atoms with Crippen LogP contribution in [-0.2, 0) is 10.0 Å². The molecule has 4 nitrogen and oxygen atoms in total. The molecule has 0 saturated carbocycles. The quantitative estimate of drug-likeness (QED) is 0.626. The molecule has 0 amide bonds. The standard InChI is InChI=1S/C21H19FN2O2S/c1-15-6-12-21(13-7-15)27(25,26)24-19-10-8-17(9-11-19)16(2)23-20-5-3-4-18(22)14-20/h3-14,24H,1-2H3. The summed E-state index contributed by atoms with van der Waals surface area (Å²) in [6.45, 7) is 3.71. The SMILES string of the molecule is CC(=Nc1cccc(F)c1)c1ccc(NS(=O)(=O)c2ccc(C)cc2)cc1. The number of anilines is 1.